The van der Waals surface area contributed by atoms with E-state index in [1.165, 1.54) is 6.07 Å². The van der Waals surface area contributed by atoms with Gasteiger partial charge in [-0.3, -0.25) is 0 Å². The smallest absolute Gasteiger partial charge is 0.123 e. The molecule has 1 fully saturated rings. The molecule has 1 aliphatic carbocycles. The minimum absolute atomic E-state index is 0.166. The normalized spacial score (nSPS) is 24.9. The summed E-state index contributed by atoms with van der Waals surface area (Å²) in [4.78, 5) is 0. The molecule has 2 nitrogen and oxygen atoms in total. The van der Waals surface area contributed by atoms with Gasteiger partial charge in [0.1, 0.15) is 5.82 Å². The molecule has 0 amide bonds. The Morgan fingerprint density at radius 3 is 3.00 bits per heavy atom. The maximum absolute atomic E-state index is 12.9. The van der Waals surface area contributed by atoms with Crippen LogP contribution in [-0.4, -0.2) is 19.3 Å². The fourth-order valence-electron chi connectivity index (χ4n) is 2.25. The first-order valence-electron chi connectivity index (χ1n) is 5.78. The molecular weight excluding hydrogens is 205 g/mol. The second kappa shape index (κ2) is 5.41. The number of rotatable bonds is 4. The molecule has 1 aromatic carbocycles. The van der Waals surface area contributed by atoms with Crippen molar-refractivity contribution in [1.29, 1.82) is 0 Å². The number of benzene rings is 1. The summed E-state index contributed by atoms with van der Waals surface area (Å²) >= 11 is 0. The van der Waals surface area contributed by atoms with Crippen molar-refractivity contribution in [2.45, 2.75) is 38.0 Å². The Hall–Kier alpha value is -0.930. The summed E-state index contributed by atoms with van der Waals surface area (Å²) in [6, 6.07) is 7.25. The minimum atomic E-state index is -0.166. The third-order valence-corrected chi connectivity index (χ3v) is 3.20. The van der Waals surface area contributed by atoms with Crippen LogP contribution in [0.5, 0.6) is 0 Å². The van der Waals surface area contributed by atoms with Crippen molar-refractivity contribution in [3.8, 4) is 0 Å². The van der Waals surface area contributed by atoms with E-state index in [2.05, 4.69) is 5.32 Å². The molecular formula is C13H18FNO. The van der Waals surface area contributed by atoms with Crippen molar-refractivity contribution in [2.75, 3.05) is 7.11 Å². The van der Waals surface area contributed by atoms with E-state index in [9.17, 15) is 4.39 Å². The zero-order chi connectivity index (χ0) is 11.4. The number of methoxy groups -OCH3 is 1. The average Bonchev–Trinajstić information content (AvgIpc) is 2.74. The molecule has 0 bridgehead atoms. The van der Waals surface area contributed by atoms with E-state index in [-0.39, 0.29) is 5.82 Å². The second-order valence-electron chi connectivity index (χ2n) is 4.38. The molecule has 0 radical (unpaired) electrons. The van der Waals surface area contributed by atoms with Crippen LogP contribution in [0.25, 0.3) is 0 Å². The van der Waals surface area contributed by atoms with Crippen molar-refractivity contribution in [3.63, 3.8) is 0 Å². The van der Waals surface area contributed by atoms with Gasteiger partial charge in [0.2, 0.25) is 0 Å². The van der Waals surface area contributed by atoms with Gasteiger partial charge in [-0.05, 0) is 37.0 Å². The van der Waals surface area contributed by atoms with Gasteiger partial charge in [-0.25, -0.2) is 4.39 Å². The SMILES string of the molecule is COC1CCC(NCc2cccc(F)c2)C1. The second-order valence-corrected chi connectivity index (χ2v) is 4.38. The highest BCUT2D eigenvalue weighted by Gasteiger charge is 2.23. The van der Waals surface area contributed by atoms with Crippen molar-refractivity contribution >= 4 is 0 Å². The molecule has 1 saturated carbocycles. The van der Waals surface area contributed by atoms with E-state index < -0.39 is 0 Å². The number of nitrogens with one attached hydrogen (secondary N) is 1. The zero-order valence-corrected chi connectivity index (χ0v) is 9.58. The fraction of sp³-hybridized carbons (Fsp3) is 0.538. The summed E-state index contributed by atoms with van der Waals surface area (Å²) in [5, 5.41) is 3.44. The van der Waals surface area contributed by atoms with Crippen LogP contribution in [-0.2, 0) is 11.3 Å². The molecule has 0 spiro atoms. The lowest BCUT2D eigenvalue weighted by Crippen LogP contribution is -2.26. The van der Waals surface area contributed by atoms with Crippen LogP contribution in [0, 0.1) is 5.82 Å². The lowest BCUT2D eigenvalue weighted by atomic mass is 10.2. The maximum Gasteiger partial charge on any atom is 0.123 e. The van der Waals surface area contributed by atoms with Crippen LogP contribution in [0.4, 0.5) is 4.39 Å². The van der Waals surface area contributed by atoms with E-state index in [0.717, 1.165) is 31.4 Å². The van der Waals surface area contributed by atoms with E-state index in [0.29, 0.717) is 12.1 Å². The van der Waals surface area contributed by atoms with Crippen molar-refractivity contribution in [3.05, 3.63) is 35.6 Å². The Balaban J connectivity index is 1.80. The lowest BCUT2D eigenvalue weighted by Gasteiger charge is -2.12. The zero-order valence-electron chi connectivity index (χ0n) is 9.58. The summed E-state index contributed by atoms with van der Waals surface area (Å²) in [6.07, 6.45) is 3.72. The van der Waals surface area contributed by atoms with Gasteiger partial charge in [-0.2, -0.15) is 0 Å². The van der Waals surface area contributed by atoms with Crippen molar-refractivity contribution < 1.29 is 9.13 Å². The van der Waals surface area contributed by atoms with Gasteiger partial charge >= 0.3 is 0 Å². The molecule has 88 valence electrons. The topological polar surface area (TPSA) is 21.3 Å². The molecule has 0 aromatic heterocycles. The molecule has 2 unspecified atom stereocenters. The number of halogens is 1. The van der Waals surface area contributed by atoms with Gasteiger partial charge in [0.15, 0.2) is 0 Å². The summed E-state index contributed by atoms with van der Waals surface area (Å²) < 4.78 is 18.2. The predicted octanol–water partition coefficient (Wildman–Crippen LogP) is 2.48. The van der Waals surface area contributed by atoms with Crippen LogP contribution in [0.15, 0.2) is 24.3 Å². The first-order chi connectivity index (χ1) is 7.78. The lowest BCUT2D eigenvalue weighted by molar-refractivity contribution is 0.107. The number of ether oxygens (including phenoxy) is 1. The Labute approximate surface area is 95.8 Å². The summed E-state index contributed by atoms with van der Waals surface area (Å²) in [6.45, 7) is 0.735. The predicted molar refractivity (Wildman–Crippen MR) is 61.7 cm³/mol. The highest BCUT2D eigenvalue weighted by atomic mass is 19.1. The fourth-order valence-corrected chi connectivity index (χ4v) is 2.25. The van der Waals surface area contributed by atoms with E-state index >= 15 is 0 Å². The molecule has 3 heteroatoms. The number of hydrogen-bond acceptors (Lipinski definition) is 2. The molecule has 2 rings (SSSR count). The maximum atomic E-state index is 12.9. The van der Waals surface area contributed by atoms with Crippen molar-refractivity contribution in [1.82, 2.24) is 5.32 Å². The van der Waals surface area contributed by atoms with Gasteiger partial charge in [-0.15, -0.1) is 0 Å². The summed E-state index contributed by atoms with van der Waals surface area (Å²) in [7, 11) is 1.76. The first kappa shape index (κ1) is 11.6. The Bertz CT molecular complexity index is 342. The Morgan fingerprint density at radius 1 is 1.44 bits per heavy atom. The van der Waals surface area contributed by atoms with Crippen LogP contribution in [0.2, 0.25) is 0 Å². The largest absolute Gasteiger partial charge is 0.381 e. The molecule has 0 saturated heterocycles. The molecule has 1 aliphatic rings. The third kappa shape index (κ3) is 3.03. The Morgan fingerprint density at radius 2 is 2.31 bits per heavy atom. The number of hydrogen-bond donors (Lipinski definition) is 1. The first-order valence-corrected chi connectivity index (χ1v) is 5.78. The molecule has 1 N–H and O–H groups in total. The summed E-state index contributed by atoms with van der Waals surface area (Å²) in [5.74, 6) is -0.166. The summed E-state index contributed by atoms with van der Waals surface area (Å²) in [5.41, 5.74) is 1.00. The standard InChI is InChI=1S/C13H18FNO/c1-16-13-6-5-12(8-13)15-9-10-3-2-4-11(14)7-10/h2-4,7,12-13,15H,5-6,8-9H2,1H3. The third-order valence-electron chi connectivity index (χ3n) is 3.20. The van der Waals surface area contributed by atoms with Crippen LogP contribution < -0.4 is 5.32 Å². The monoisotopic (exact) mass is 223 g/mol. The van der Waals surface area contributed by atoms with Crippen LogP contribution >= 0.6 is 0 Å². The van der Waals surface area contributed by atoms with Gasteiger partial charge in [0, 0.05) is 19.7 Å². The Kier molecular flexibility index (Phi) is 3.91. The average molecular weight is 223 g/mol. The molecule has 1 aromatic rings. The van der Waals surface area contributed by atoms with E-state index in [1.807, 2.05) is 6.07 Å². The van der Waals surface area contributed by atoms with Gasteiger partial charge in [0.05, 0.1) is 6.10 Å². The molecule has 16 heavy (non-hydrogen) atoms. The highest BCUT2D eigenvalue weighted by molar-refractivity contribution is 5.16. The molecule has 0 heterocycles. The van der Waals surface area contributed by atoms with E-state index in [1.54, 1.807) is 19.2 Å². The minimum Gasteiger partial charge on any atom is -0.381 e. The quantitative estimate of drug-likeness (QED) is 0.846. The highest BCUT2D eigenvalue weighted by Crippen LogP contribution is 2.21. The molecule has 2 atom stereocenters. The van der Waals surface area contributed by atoms with Crippen molar-refractivity contribution in [2.24, 2.45) is 0 Å². The van der Waals surface area contributed by atoms with Gasteiger partial charge in [0.25, 0.3) is 0 Å². The van der Waals surface area contributed by atoms with E-state index in [4.69, 9.17) is 4.74 Å². The van der Waals surface area contributed by atoms with Gasteiger partial charge < -0.3 is 10.1 Å². The van der Waals surface area contributed by atoms with Gasteiger partial charge in [-0.1, -0.05) is 12.1 Å². The van der Waals surface area contributed by atoms with Crippen LogP contribution in [0.1, 0.15) is 24.8 Å². The molecule has 0 aliphatic heterocycles. The van der Waals surface area contributed by atoms with Crippen LogP contribution in [0.3, 0.4) is 0 Å².